The van der Waals surface area contributed by atoms with E-state index in [1.165, 1.54) is 30.7 Å². The topological polar surface area (TPSA) is 288 Å². The average molecular weight is 858 g/mol. The molecule has 2 aliphatic heterocycles. The molecular formula is C31H41N9O14P2S. The first-order valence-electron chi connectivity index (χ1n) is 17.9. The van der Waals surface area contributed by atoms with Crippen molar-refractivity contribution in [2.75, 3.05) is 38.6 Å². The highest BCUT2D eigenvalue weighted by Crippen LogP contribution is 2.74. The standard InChI is InChI=1S/C31H41N9O14P2S/c1-6-48-55(44)50-9-31-7-16(31)20(39-11-35-18-25(32)33-10-34-26(18)39)21(41)24(31)54-56(45,57-13-47-30(43)51-14(2)3)49-8-17-22(46-5)23(53-55)29(52-17)40-12-36-19-27(40)37-15(4)38-28(19)42/h10-12,14,16-17,20-24,29,41H,6-9,13H2,1-5H3,(H2,32,33,34)(H,37,38,42)/t16-,17-,20-,21+,22-,23-,24+,29-,31-,55?,56?/m1/s1. The van der Waals surface area contributed by atoms with E-state index in [-0.39, 0.29) is 36.0 Å². The number of aryl methyl sites for hydroxylation is 1. The Hall–Kier alpha value is -3.54. The summed E-state index contributed by atoms with van der Waals surface area (Å²) in [6.07, 6.45) is -4.50. The van der Waals surface area contributed by atoms with Gasteiger partial charge in [-0.05, 0) is 40.0 Å². The monoisotopic (exact) mass is 857 g/mol. The van der Waals surface area contributed by atoms with Gasteiger partial charge in [-0.2, -0.15) is 0 Å². The predicted molar refractivity (Wildman–Crippen MR) is 197 cm³/mol. The van der Waals surface area contributed by atoms with Gasteiger partial charge in [0.25, 0.3) is 5.56 Å². The van der Waals surface area contributed by atoms with Crippen LogP contribution in [0.2, 0.25) is 0 Å². The van der Waals surface area contributed by atoms with Crippen LogP contribution in [-0.4, -0.2) is 120 Å². The van der Waals surface area contributed by atoms with Gasteiger partial charge in [-0.3, -0.25) is 32.0 Å². The molecule has 26 heteroatoms. The van der Waals surface area contributed by atoms with E-state index in [0.717, 1.165) is 0 Å². The normalized spacial score (nSPS) is 35.4. The fraction of sp³-hybridized carbons (Fsp3) is 0.645. The third-order valence-electron chi connectivity index (χ3n) is 10.3. The lowest BCUT2D eigenvalue weighted by atomic mass is 10.0. The number of phosphoric acid groups is 1. The second kappa shape index (κ2) is 15.2. The van der Waals surface area contributed by atoms with Crippen LogP contribution in [0.3, 0.4) is 0 Å². The molecule has 57 heavy (non-hydrogen) atoms. The molecule has 0 amide bonds. The molecule has 310 valence electrons. The highest BCUT2D eigenvalue weighted by molar-refractivity contribution is 8.55. The third-order valence-corrected chi connectivity index (χ3v) is 15.1. The summed E-state index contributed by atoms with van der Waals surface area (Å²) in [5.74, 6) is -0.550. The summed E-state index contributed by atoms with van der Waals surface area (Å²) in [6.45, 7) is 1.06. The second-order valence-electron chi connectivity index (χ2n) is 14.1. The number of fused-ring (bicyclic) bond motifs is 4. The molecule has 6 heterocycles. The molecule has 4 aromatic heterocycles. The Balaban J connectivity index is 1.19. The van der Waals surface area contributed by atoms with Crippen LogP contribution in [0.5, 0.6) is 0 Å². The maximum atomic E-state index is 14.9. The number of nitrogens with zero attached hydrogens (tertiary/aromatic N) is 7. The number of hydrogen-bond donors (Lipinski definition) is 3. The van der Waals surface area contributed by atoms with E-state index in [4.69, 9.17) is 47.3 Å². The average Bonchev–Trinajstić information content (AvgIpc) is 3.44. The Morgan fingerprint density at radius 2 is 1.91 bits per heavy atom. The Kier molecular flexibility index (Phi) is 10.8. The Labute approximate surface area is 327 Å². The third kappa shape index (κ3) is 7.28. The number of aromatic amines is 1. The lowest BCUT2D eigenvalue weighted by Crippen LogP contribution is -2.38. The van der Waals surface area contributed by atoms with Gasteiger partial charge in [0.05, 0.1) is 44.6 Å². The molecule has 4 N–H and O–H groups in total. The minimum atomic E-state index is -4.54. The van der Waals surface area contributed by atoms with Crippen molar-refractivity contribution in [3.05, 3.63) is 35.2 Å². The molecule has 0 aromatic carbocycles. The van der Waals surface area contributed by atoms with Crippen molar-refractivity contribution in [3.8, 4) is 0 Å². The van der Waals surface area contributed by atoms with Crippen molar-refractivity contribution in [2.24, 2.45) is 11.3 Å². The zero-order valence-electron chi connectivity index (χ0n) is 31.2. The van der Waals surface area contributed by atoms with Crippen LogP contribution in [-0.2, 0) is 50.7 Å². The Bertz CT molecular complexity index is 2330. The number of ether oxygens (including phenoxy) is 4. The number of carbonyl (C=O) groups excluding carboxylic acids is 1. The summed E-state index contributed by atoms with van der Waals surface area (Å²) in [5, 5.41) is 12.1. The van der Waals surface area contributed by atoms with E-state index >= 15 is 0 Å². The number of H-pyrrole nitrogens is 1. The Morgan fingerprint density at radius 1 is 1.14 bits per heavy atom. The molecule has 1 spiro atoms. The largest absolute Gasteiger partial charge is 0.509 e. The number of rotatable bonds is 9. The van der Waals surface area contributed by atoms with E-state index in [1.54, 1.807) is 32.3 Å². The van der Waals surface area contributed by atoms with Crippen molar-refractivity contribution >= 4 is 60.3 Å². The molecule has 2 saturated heterocycles. The van der Waals surface area contributed by atoms with Gasteiger partial charge in [-0.25, -0.2) is 38.8 Å². The Morgan fingerprint density at radius 3 is 2.67 bits per heavy atom. The number of methoxy groups -OCH3 is 1. The van der Waals surface area contributed by atoms with Gasteiger partial charge in [-0.15, -0.1) is 0 Å². The second-order valence-corrected chi connectivity index (χ2v) is 19.7. The van der Waals surface area contributed by atoms with Gasteiger partial charge in [0.15, 0.2) is 34.8 Å². The number of aliphatic hydroxyl groups excluding tert-OH is 1. The van der Waals surface area contributed by atoms with Crippen molar-refractivity contribution in [1.82, 2.24) is 39.0 Å². The summed E-state index contributed by atoms with van der Waals surface area (Å²) in [6, 6.07) is -0.774. The summed E-state index contributed by atoms with van der Waals surface area (Å²) < 4.78 is 85.7. The maximum Gasteiger partial charge on any atom is 0.509 e. The highest BCUT2D eigenvalue weighted by atomic mass is 32.7. The molecule has 0 radical (unpaired) electrons. The minimum Gasteiger partial charge on any atom is -0.432 e. The van der Waals surface area contributed by atoms with E-state index in [2.05, 4.69) is 29.9 Å². The van der Waals surface area contributed by atoms with Crippen molar-refractivity contribution < 1.29 is 60.6 Å². The fourth-order valence-corrected chi connectivity index (χ4v) is 12.1. The van der Waals surface area contributed by atoms with Crippen molar-refractivity contribution in [2.45, 2.75) is 83.0 Å². The number of hydrogen-bond acceptors (Lipinski definition) is 21. The smallest absolute Gasteiger partial charge is 0.432 e. The maximum absolute atomic E-state index is 14.9. The number of aliphatic hydroxyl groups is 1. The molecule has 8 rings (SSSR count). The van der Waals surface area contributed by atoms with Crippen LogP contribution in [0.1, 0.15) is 45.3 Å². The van der Waals surface area contributed by atoms with Gasteiger partial charge in [0.1, 0.15) is 48.2 Å². The molecule has 4 aromatic rings. The fourth-order valence-electron chi connectivity index (χ4n) is 7.82. The van der Waals surface area contributed by atoms with Crippen molar-refractivity contribution in [1.29, 1.82) is 0 Å². The number of imidazole rings is 2. The number of phosphoric ester groups is 1. The molecule has 2 saturated carbocycles. The van der Waals surface area contributed by atoms with E-state index in [1.807, 2.05) is 0 Å². The van der Waals surface area contributed by atoms with Crippen molar-refractivity contribution in [3.63, 3.8) is 0 Å². The van der Waals surface area contributed by atoms with Gasteiger partial charge in [-0.1, -0.05) is 0 Å². The molecule has 2 bridgehead atoms. The zero-order chi connectivity index (χ0) is 40.4. The lowest BCUT2D eigenvalue weighted by Gasteiger charge is -2.32. The van der Waals surface area contributed by atoms with Crippen LogP contribution < -0.4 is 11.3 Å². The first kappa shape index (κ1) is 40.2. The first-order chi connectivity index (χ1) is 27.2. The summed E-state index contributed by atoms with van der Waals surface area (Å²) in [4.78, 5) is 49.0. The summed E-state index contributed by atoms with van der Waals surface area (Å²) in [7, 11) is -3.18. The van der Waals surface area contributed by atoms with Crippen LogP contribution in [0.4, 0.5) is 10.6 Å². The molecule has 4 aliphatic rings. The van der Waals surface area contributed by atoms with Gasteiger partial charge in [0.2, 0.25) is 0 Å². The van der Waals surface area contributed by atoms with Gasteiger partial charge >= 0.3 is 20.8 Å². The van der Waals surface area contributed by atoms with Crippen LogP contribution in [0.25, 0.3) is 22.3 Å². The number of carbonyl (C=O) groups is 1. The van der Waals surface area contributed by atoms with E-state index in [9.17, 15) is 23.8 Å². The lowest BCUT2D eigenvalue weighted by molar-refractivity contribution is -0.0612. The van der Waals surface area contributed by atoms with Crippen LogP contribution >= 0.6 is 26.0 Å². The molecule has 4 fully saturated rings. The van der Waals surface area contributed by atoms with Crippen LogP contribution in [0.15, 0.2) is 23.8 Å². The SMILES string of the molecule is CCOP1(=O)OC[C@]23C[C@@H]2[C@@H](n2cnc4c(N)ncnc42)[C@H](O)[C@@H]3OP(=O)(SCOC(=O)OC(C)C)OC[C@H]2O[C@@H](n3cnc4c(=O)[nH]c(C)nc43)[C@H](O1)[C@@H]2OC. The summed E-state index contributed by atoms with van der Waals surface area (Å²) >= 11 is 0.538. The van der Waals surface area contributed by atoms with Gasteiger partial charge < -0.3 is 39.3 Å². The number of anilines is 1. The predicted octanol–water partition coefficient (Wildman–Crippen LogP) is 3.01. The number of nitrogens with one attached hydrogen (secondary N) is 1. The first-order valence-corrected chi connectivity index (χ1v) is 22.5. The molecule has 11 atom stereocenters. The van der Waals surface area contributed by atoms with Gasteiger partial charge in [0, 0.05) is 23.9 Å². The van der Waals surface area contributed by atoms with E-state index in [0.29, 0.717) is 29.0 Å². The molecule has 23 nitrogen and oxygen atoms in total. The zero-order valence-corrected chi connectivity index (χ0v) is 33.8. The van der Waals surface area contributed by atoms with Crippen LogP contribution in [0, 0.1) is 18.3 Å². The quantitative estimate of drug-likeness (QED) is 0.124. The minimum absolute atomic E-state index is 0.000334. The number of aromatic nitrogens is 8. The van der Waals surface area contributed by atoms with E-state index < -0.39 is 99.1 Å². The highest BCUT2D eigenvalue weighted by Gasteiger charge is 2.74. The molecule has 2 aliphatic carbocycles. The molecule has 2 unspecified atom stereocenters. The summed E-state index contributed by atoms with van der Waals surface area (Å²) in [5.41, 5.74) is 5.19. The number of nitrogens with two attached hydrogens (primary N) is 1. The molecular weight excluding hydrogens is 816 g/mol. The number of nitrogen functional groups attached to an aromatic ring is 1.